The van der Waals surface area contributed by atoms with Gasteiger partial charge >= 0.3 is 0 Å². The van der Waals surface area contributed by atoms with Crippen molar-refractivity contribution in [2.24, 2.45) is 0 Å². The molecule has 2 aromatic heterocycles. The number of fused-ring (bicyclic) bond motifs is 2. The van der Waals surface area contributed by atoms with Crippen molar-refractivity contribution in [3.63, 3.8) is 0 Å². The molecule has 36 heavy (non-hydrogen) atoms. The van der Waals surface area contributed by atoms with Crippen molar-refractivity contribution >= 4 is 39.4 Å². The van der Waals surface area contributed by atoms with E-state index in [1.165, 1.54) is 0 Å². The largest absolute Gasteiger partial charge is 0.357 e. The van der Waals surface area contributed by atoms with E-state index < -0.39 is 0 Å². The van der Waals surface area contributed by atoms with Gasteiger partial charge < -0.3 is 9.80 Å². The number of benzene rings is 2. The molecule has 0 bridgehead atoms. The Morgan fingerprint density at radius 2 is 1.33 bits per heavy atom. The van der Waals surface area contributed by atoms with E-state index in [9.17, 15) is 0 Å². The molecule has 1 saturated heterocycles. The second-order valence-corrected chi connectivity index (χ2v) is 8.84. The molecule has 2 aromatic carbocycles. The maximum atomic E-state index is 5.82. The number of hydrazine groups is 1. The van der Waals surface area contributed by atoms with Gasteiger partial charge in [0.2, 0.25) is 5.95 Å². The molecule has 1 atom stereocenters. The van der Waals surface area contributed by atoms with Gasteiger partial charge in [0.1, 0.15) is 17.5 Å². The van der Waals surface area contributed by atoms with E-state index in [2.05, 4.69) is 61.3 Å². The van der Waals surface area contributed by atoms with E-state index in [0.717, 1.165) is 65.4 Å². The minimum atomic E-state index is -0.0443. The third kappa shape index (κ3) is 4.52. The molecule has 1 N–H and O–H groups in total. The number of anilines is 3. The van der Waals surface area contributed by atoms with Gasteiger partial charge in [-0.2, -0.15) is 4.98 Å². The third-order valence-corrected chi connectivity index (χ3v) is 6.77. The lowest BCUT2D eigenvalue weighted by molar-refractivity contribution is -0.00553. The Morgan fingerprint density at radius 1 is 0.778 bits per heavy atom. The van der Waals surface area contributed by atoms with Crippen LogP contribution in [0.2, 0.25) is 0 Å². The van der Waals surface area contributed by atoms with E-state index >= 15 is 0 Å². The van der Waals surface area contributed by atoms with Crippen LogP contribution < -0.4 is 20.4 Å². The van der Waals surface area contributed by atoms with Gasteiger partial charge in [-0.15, -0.1) is 5.59 Å². The Balaban J connectivity index is 1.52. The Hall–Kier alpha value is -3.56. The predicted octanol–water partition coefficient (Wildman–Crippen LogP) is 4.31. The first-order valence-corrected chi connectivity index (χ1v) is 12.8. The Kier molecular flexibility index (Phi) is 7.11. The smallest absolute Gasteiger partial charge is 0.244 e. The average molecular weight is 487 g/mol. The van der Waals surface area contributed by atoms with E-state index in [0.29, 0.717) is 19.1 Å². The third-order valence-electron chi connectivity index (χ3n) is 6.77. The van der Waals surface area contributed by atoms with E-state index in [1.54, 1.807) is 0 Å². The molecular weight excluding hydrogens is 452 g/mol. The van der Waals surface area contributed by atoms with Crippen LogP contribution in [0.15, 0.2) is 48.5 Å². The summed E-state index contributed by atoms with van der Waals surface area (Å²) in [5, 5.41) is 3.98. The zero-order valence-corrected chi connectivity index (χ0v) is 21.5. The summed E-state index contributed by atoms with van der Waals surface area (Å²) in [5.74, 6) is 3.20. The minimum Gasteiger partial charge on any atom is -0.357 e. The van der Waals surface area contributed by atoms with Gasteiger partial charge in [0, 0.05) is 37.0 Å². The van der Waals surface area contributed by atoms with Crippen LogP contribution in [0.1, 0.15) is 39.4 Å². The molecular formula is C27H34N8O. The van der Waals surface area contributed by atoms with Crippen LogP contribution in [0.3, 0.4) is 0 Å². The van der Waals surface area contributed by atoms with Gasteiger partial charge in [-0.3, -0.25) is 9.85 Å². The van der Waals surface area contributed by atoms with Gasteiger partial charge in [0.15, 0.2) is 0 Å². The maximum Gasteiger partial charge on any atom is 0.244 e. The van der Waals surface area contributed by atoms with E-state index in [-0.39, 0.29) is 5.92 Å². The lowest BCUT2D eigenvalue weighted by Crippen LogP contribution is -2.48. The van der Waals surface area contributed by atoms with Crippen molar-refractivity contribution in [3.8, 4) is 0 Å². The van der Waals surface area contributed by atoms with Crippen LogP contribution in [0.25, 0.3) is 21.8 Å². The van der Waals surface area contributed by atoms with Crippen molar-refractivity contribution in [1.29, 1.82) is 0 Å². The topological polar surface area (TPSA) is 82.5 Å². The number of para-hydroxylation sites is 2. The first kappa shape index (κ1) is 24.1. The average Bonchev–Trinajstić information content (AvgIpc) is 2.94. The van der Waals surface area contributed by atoms with Crippen LogP contribution in [-0.2, 0) is 4.84 Å². The van der Waals surface area contributed by atoms with Gasteiger partial charge in [-0.1, -0.05) is 24.3 Å². The molecule has 1 aliphatic heterocycles. The molecule has 0 radical (unpaired) electrons. The first-order chi connectivity index (χ1) is 17.7. The fourth-order valence-electron chi connectivity index (χ4n) is 4.76. The molecule has 9 nitrogen and oxygen atoms in total. The fraction of sp³-hybridized carbons (Fsp3) is 0.407. The number of rotatable bonds is 8. The number of nitrogens with zero attached hydrogens (tertiary/aromatic N) is 7. The Bertz CT molecular complexity index is 1240. The molecule has 0 spiro atoms. The Labute approximate surface area is 212 Å². The van der Waals surface area contributed by atoms with Crippen molar-refractivity contribution < 1.29 is 4.84 Å². The second-order valence-electron chi connectivity index (χ2n) is 8.84. The van der Waals surface area contributed by atoms with E-state index in [1.807, 2.05) is 35.3 Å². The Morgan fingerprint density at radius 3 is 1.94 bits per heavy atom. The van der Waals surface area contributed by atoms with Gasteiger partial charge in [-0.25, -0.2) is 15.0 Å². The molecule has 0 amide bonds. The summed E-state index contributed by atoms with van der Waals surface area (Å²) >= 11 is 0. The van der Waals surface area contributed by atoms with Gasteiger partial charge in [0.25, 0.3) is 0 Å². The summed E-state index contributed by atoms with van der Waals surface area (Å²) in [6.07, 6.45) is 0. The molecule has 5 rings (SSSR count). The molecule has 1 aliphatic rings. The highest BCUT2D eigenvalue weighted by molar-refractivity contribution is 5.91. The number of nitrogens with one attached hydrogen (secondary N) is 1. The summed E-state index contributed by atoms with van der Waals surface area (Å²) in [6.45, 7) is 13.1. The highest BCUT2D eigenvalue weighted by atomic mass is 16.7. The summed E-state index contributed by atoms with van der Waals surface area (Å²) in [5.41, 5.74) is 4.87. The number of hydrogen-bond acceptors (Lipinski definition) is 9. The van der Waals surface area contributed by atoms with Crippen molar-refractivity contribution in [3.05, 3.63) is 54.4 Å². The highest BCUT2D eigenvalue weighted by Gasteiger charge is 2.28. The summed E-state index contributed by atoms with van der Waals surface area (Å²) in [4.78, 5) is 30.2. The maximum absolute atomic E-state index is 5.82. The van der Waals surface area contributed by atoms with Crippen LogP contribution in [0.5, 0.6) is 0 Å². The van der Waals surface area contributed by atoms with Crippen LogP contribution in [0.4, 0.5) is 17.6 Å². The van der Waals surface area contributed by atoms with E-state index in [4.69, 9.17) is 24.8 Å². The van der Waals surface area contributed by atoms with Crippen LogP contribution in [0, 0.1) is 0 Å². The molecule has 1 unspecified atom stereocenters. The van der Waals surface area contributed by atoms with Gasteiger partial charge in [-0.05, 0) is 52.0 Å². The zero-order chi connectivity index (χ0) is 25.1. The summed E-state index contributed by atoms with van der Waals surface area (Å²) in [7, 11) is 0. The monoisotopic (exact) mass is 486 g/mol. The quantitative estimate of drug-likeness (QED) is 0.392. The van der Waals surface area contributed by atoms with Crippen molar-refractivity contribution in [1.82, 2.24) is 25.5 Å². The number of hydrogen-bond donors (Lipinski definition) is 1. The van der Waals surface area contributed by atoms with Gasteiger partial charge in [0.05, 0.1) is 30.1 Å². The lowest BCUT2D eigenvalue weighted by atomic mass is 10.1. The SMILES string of the molecule is CCN(CC)c1nc(C2CONN(c3nc(N(CC)CC)c4ccccc4n3)C2)nc2ccccc12. The molecule has 1 fully saturated rings. The molecule has 0 aliphatic carbocycles. The van der Waals surface area contributed by atoms with Crippen molar-refractivity contribution in [2.75, 3.05) is 54.1 Å². The molecule has 9 heteroatoms. The predicted molar refractivity (Wildman–Crippen MR) is 145 cm³/mol. The first-order valence-electron chi connectivity index (χ1n) is 12.8. The lowest BCUT2D eigenvalue weighted by Gasteiger charge is -2.33. The second kappa shape index (κ2) is 10.6. The summed E-state index contributed by atoms with van der Waals surface area (Å²) < 4.78 is 0. The molecule has 3 heterocycles. The fourth-order valence-corrected chi connectivity index (χ4v) is 4.76. The van der Waals surface area contributed by atoms with Crippen LogP contribution in [-0.4, -0.2) is 59.3 Å². The highest BCUT2D eigenvalue weighted by Crippen LogP contribution is 2.30. The van der Waals surface area contributed by atoms with Crippen LogP contribution >= 0.6 is 0 Å². The normalized spacial score (nSPS) is 16.0. The molecule has 4 aromatic rings. The van der Waals surface area contributed by atoms with Crippen molar-refractivity contribution in [2.45, 2.75) is 33.6 Å². The zero-order valence-electron chi connectivity index (χ0n) is 21.5. The molecule has 188 valence electrons. The summed E-state index contributed by atoms with van der Waals surface area (Å²) in [6, 6.07) is 16.3. The minimum absolute atomic E-state index is 0.0443. The standard InChI is InChI=1S/C27H34N8O/c1-5-33(6-2)25-20-13-9-11-15-22(20)28-24(30-25)19-17-35(32-36-18-19)27-29-23-16-12-10-14-21(23)26(31-27)34(7-3)8-4/h9-16,19,32H,5-8,17-18H2,1-4H3. The number of aromatic nitrogens is 4. The molecule has 0 saturated carbocycles.